The molecule has 118 valence electrons. The van der Waals surface area contributed by atoms with Crippen molar-refractivity contribution in [1.82, 2.24) is 0 Å². The topological polar surface area (TPSA) is 23.9 Å². The smallest absolute Gasteiger partial charge is 0.0203 e. The first kappa shape index (κ1) is 19.4. The predicted molar refractivity (Wildman–Crippen MR) is 92.7 cm³/mol. The molecule has 0 aromatic rings. The van der Waals surface area contributed by atoms with Gasteiger partial charge in [-0.3, -0.25) is 0 Å². The van der Waals surface area contributed by atoms with Crippen molar-refractivity contribution in [2.45, 2.75) is 91.9 Å². The van der Waals surface area contributed by atoms with Gasteiger partial charge >= 0.3 is 0 Å². The molecule has 0 rings (SSSR count). The van der Waals surface area contributed by atoms with E-state index in [1.54, 1.807) is 0 Å². The minimum Gasteiger partial charge on any atom is -0.308 e. The van der Waals surface area contributed by atoms with Crippen LogP contribution >= 0.6 is 0 Å². The van der Waals surface area contributed by atoms with Gasteiger partial charge in [0.1, 0.15) is 0 Å². The lowest BCUT2D eigenvalue weighted by molar-refractivity contribution is 0.383. The second-order valence-electron chi connectivity index (χ2n) is 6.71. The summed E-state index contributed by atoms with van der Waals surface area (Å²) in [6, 6.07) is 0. The molecule has 20 heavy (non-hydrogen) atoms. The van der Waals surface area contributed by atoms with Gasteiger partial charge in [0.05, 0.1) is 0 Å². The minimum atomic E-state index is 0.866. The van der Waals surface area contributed by atoms with Crippen LogP contribution in [-0.4, -0.2) is 6.21 Å². The van der Waals surface area contributed by atoms with Crippen molar-refractivity contribution in [1.29, 1.82) is 5.41 Å². The number of allylic oxidation sites excluding steroid dienone is 2. The summed E-state index contributed by atoms with van der Waals surface area (Å²) in [5.41, 5.74) is 1.10. The normalized spacial score (nSPS) is 13.8. The number of nitrogens with one attached hydrogen (secondary N) is 1. The fraction of sp³-hybridized carbons (Fsp3) is 0.842. The Morgan fingerprint density at radius 3 is 2.20 bits per heavy atom. The Morgan fingerprint density at radius 2 is 1.60 bits per heavy atom. The molecule has 0 saturated heterocycles. The van der Waals surface area contributed by atoms with Gasteiger partial charge in [0.25, 0.3) is 0 Å². The molecule has 0 aromatic carbocycles. The monoisotopic (exact) mass is 279 g/mol. The van der Waals surface area contributed by atoms with Gasteiger partial charge in [-0.15, -0.1) is 0 Å². The largest absolute Gasteiger partial charge is 0.308 e. The lowest BCUT2D eigenvalue weighted by atomic mass is 9.91. The zero-order valence-electron chi connectivity index (χ0n) is 14.4. The third-order valence-electron chi connectivity index (χ3n) is 4.10. The van der Waals surface area contributed by atoms with Crippen LogP contribution in [0.15, 0.2) is 11.6 Å². The van der Waals surface area contributed by atoms with E-state index in [0.29, 0.717) is 0 Å². The van der Waals surface area contributed by atoms with E-state index < -0.39 is 0 Å². The second-order valence-corrected chi connectivity index (χ2v) is 6.71. The van der Waals surface area contributed by atoms with Crippen LogP contribution < -0.4 is 0 Å². The molecule has 0 radical (unpaired) electrons. The molecular weight excluding hydrogens is 242 g/mol. The molecule has 1 nitrogen and oxygen atoms in total. The molecule has 1 unspecified atom stereocenters. The molecule has 0 amide bonds. The van der Waals surface area contributed by atoms with Crippen LogP contribution in [-0.2, 0) is 0 Å². The summed E-state index contributed by atoms with van der Waals surface area (Å²) in [7, 11) is 0. The van der Waals surface area contributed by atoms with Crippen LogP contribution in [0, 0.1) is 17.2 Å². The number of hydrogen-bond acceptors (Lipinski definition) is 1. The number of unbranched alkanes of at least 4 members (excludes halogenated alkanes) is 3. The summed E-state index contributed by atoms with van der Waals surface area (Å²) in [6.45, 7) is 8.98. The van der Waals surface area contributed by atoms with Crippen molar-refractivity contribution in [2.75, 3.05) is 0 Å². The lowest BCUT2D eigenvalue weighted by Gasteiger charge is -2.15. The van der Waals surface area contributed by atoms with E-state index in [0.717, 1.165) is 23.8 Å². The Hall–Kier alpha value is -0.590. The molecule has 0 spiro atoms. The van der Waals surface area contributed by atoms with Crippen LogP contribution in [0.1, 0.15) is 91.9 Å². The molecular formula is C19H37N. The van der Waals surface area contributed by atoms with E-state index >= 15 is 0 Å². The highest BCUT2D eigenvalue weighted by molar-refractivity contribution is 5.74. The Balaban J connectivity index is 3.72. The summed E-state index contributed by atoms with van der Waals surface area (Å²) >= 11 is 0. The highest BCUT2D eigenvalue weighted by Gasteiger charge is 2.07. The van der Waals surface area contributed by atoms with E-state index in [1.165, 1.54) is 64.0 Å². The van der Waals surface area contributed by atoms with Crippen molar-refractivity contribution >= 4 is 6.21 Å². The molecule has 0 heterocycles. The van der Waals surface area contributed by atoms with Crippen LogP contribution in [0.3, 0.4) is 0 Å². The van der Waals surface area contributed by atoms with Gasteiger partial charge in [-0.25, -0.2) is 0 Å². The van der Waals surface area contributed by atoms with Gasteiger partial charge in [0.15, 0.2) is 0 Å². The molecule has 1 heteroatoms. The second kappa shape index (κ2) is 13.4. The maximum Gasteiger partial charge on any atom is 0.0203 e. The summed E-state index contributed by atoms with van der Waals surface area (Å²) in [5.74, 6) is 1.80. The molecule has 0 bridgehead atoms. The zero-order chi connectivity index (χ0) is 15.2. The molecule has 1 atom stereocenters. The van der Waals surface area contributed by atoms with E-state index in [1.807, 2.05) is 6.92 Å². The highest BCUT2D eigenvalue weighted by atomic mass is 14.3. The third kappa shape index (κ3) is 12.4. The fourth-order valence-electron chi connectivity index (χ4n) is 2.80. The number of rotatable bonds is 13. The van der Waals surface area contributed by atoms with Crippen molar-refractivity contribution in [3.8, 4) is 0 Å². The van der Waals surface area contributed by atoms with Crippen LogP contribution in [0.5, 0.6) is 0 Å². The predicted octanol–water partition coefficient (Wildman–Crippen LogP) is 6.78. The van der Waals surface area contributed by atoms with E-state index in [4.69, 9.17) is 5.41 Å². The fourth-order valence-corrected chi connectivity index (χ4v) is 2.80. The maximum atomic E-state index is 7.16. The first-order valence-electron chi connectivity index (χ1n) is 8.77. The molecule has 0 aromatic heterocycles. The van der Waals surface area contributed by atoms with Crippen molar-refractivity contribution < 1.29 is 0 Å². The third-order valence-corrected chi connectivity index (χ3v) is 4.10. The molecule has 0 fully saturated rings. The SMILES string of the molecule is CCCC(CCC/C=C(/C)C=N)CCCCCC(C)C. The Morgan fingerprint density at radius 1 is 0.950 bits per heavy atom. The minimum absolute atomic E-state index is 0.866. The van der Waals surface area contributed by atoms with Crippen molar-refractivity contribution in [2.24, 2.45) is 11.8 Å². The first-order valence-corrected chi connectivity index (χ1v) is 8.77. The summed E-state index contributed by atoms with van der Waals surface area (Å²) in [5, 5.41) is 7.16. The first-order chi connectivity index (χ1) is 9.60. The number of hydrogen-bond donors (Lipinski definition) is 1. The van der Waals surface area contributed by atoms with E-state index in [2.05, 4.69) is 26.8 Å². The zero-order valence-corrected chi connectivity index (χ0v) is 14.4. The molecule has 0 aliphatic heterocycles. The Bertz CT molecular complexity index is 252. The van der Waals surface area contributed by atoms with Crippen LogP contribution in [0.2, 0.25) is 0 Å². The van der Waals surface area contributed by atoms with Crippen LogP contribution in [0.25, 0.3) is 0 Å². The van der Waals surface area contributed by atoms with Crippen LogP contribution in [0.4, 0.5) is 0 Å². The highest BCUT2D eigenvalue weighted by Crippen LogP contribution is 2.22. The Labute approximate surface area is 127 Å². The van der Waals surface area contributed by atoms with Gasteiger partial charge in [-0.2, -0.15) is 0 Å². The maximum absolute atomic E-state index is 7.16. The van der Waals surface area contributed by atoms with Gasteiger partial charge in [0.2, 0.25) is 0 Å². The van der Waals surface area contributed by atoms with Gasteiger partial charge in [-0.1, -0.05) is 78.2 Å². The summed E-state index contributed by atoms with van der Waals surface area (Å²) in [4.78, 5) is 0. The van der Waals surface area contributed by atoms with Gasteiger partial charge in [-0.05, 0) is 37.2 Å². The van der Waals surface area contributed by atoms with Gasteiger partial charge < -0.3 is 5.41 Å². The standard InChI is InChI=1S/C19H37N/c1-5-11-19(14-8-6-7-12-17(2)3)15-10-9-13-18(4)16-20/h13,16-17,19-20H,5-12,14-15H2,1-4H3/b18-13-,20-16?. The molecule has 0 aliphatic carbocycles. The van der Waals surface area contributed by atoms with E-state index in [-0.39, 0.29) is 0 Å². The quantitative estimate of drug-likeness (QED) is 0.284. The molecule has 1 N–H and O–H groups in total. The lowest BCUT2D eigenvalue weighted by Crippen LogP contribution is -2.00. The van der Waals surface area contributed by atoms with Crippen molar-refractivity contribution in [3.05, 3.63) is 11.6 Å². The Kier molecular flexibility index (Phi) is 13.0. The molecule has 0 aliphatic rings. The van der Waals surface area contributed by atoms with Crippen molar-refractivity contribution in [3.63, 3.8) is 0 Å². The summed E-state index contributed by atoms with van der Waals surface area (Å²) < 4.78 is 0. The van der Waals surface area contributed by atoms with E-state index in [9.17, 15) is 0 Å². The average Bonchev–Trinajstić information content (AvgIpc) is 2.42. The molecule has 0 saturated carbocycles. The van der Waals surface area contributed by atoms with Gasteiger partial charge in [0, 0.05) is 6.21 Å². The summed E-state index contributed by atoms with van der Waals surface area (Å²) in [6.07, 6.45) is 17.3. The average molecular weight is 280 g/mol.